The number of hydrogen-bond donors (Lipinski definition) is 1. The molecule has 1 atom stereocenters. The smallest absolute Gasteiger partial charge is 0.121 e. The molecular formula is C10H20NO+. The Bertz CT molecular complexity index is 150. The van der Waals surface area contributed by atoms with Crippen LogP contribution in [0.3, 0.4) is 0 Å². The molecular weight excluding hydrogens is 150 g/mol. The number of nitrogens with zero attached hydrogens (tertiary/aromatic N) is 1. The van der Waals surface area contributed by atoms with Gasteiger partial charge >= 0.3 is 0 Å². The fourth-order valence-corrected chi connectivity index (χ4v) is 1.98. The Labute approximate surface area is 75.1 Å². The first-order chi connectivity index (χ1) is 5.66. The molecule has 0 bridgehead atoms. The van der Waals surface area contributed by atoms with E-state index >= 15 is 0 Å². The predicted octanol–water partition coefficient (Wildman–Crippen LogP) is 1.16. The van der Waals surface area contributed by atoms with E-state index in [9.17, 15) is 5.11 Å². The third-order valence-corrected chi connectivity index (χ3v) is 2.80. The Morgan fingerprint density at radius 3 is 2.50 bits per heavy atom. The fraction of sp³-hybridized carbons (Fsp3) is 0.800. The highest BCUT2D eigenvalue weighted by atomic mass is 16.3. The number of aliphatic hydroxyl groups is 1. The van der Waals surface area contributed by atoms with Gasteiger partial charge in [0, 0.05) is 0 Å². The average Bonchev–Trinajstić information content (AvgIpc) is 2.05. The second-order valence-electron chi connectivity index (χ2n) is 4.11. The summed E-state index contributed by atoms with van der Waals surface area (Å²) >= 11 is 0. The molecule has 0 aliphatic carbocycles. The SMILES string of the molecule is C=C[C@@H](O)C[N+]1(C)CCCCC1. The number of hydrogen-bond acceptors (Lipinski definition) is 1. The number of aliphatic hydroxyl groups excluding tert-OH is 1. The minimum Gasteiger partial charge on any atom is -0.383 e. The predicted molar refractivity (Wildman–Crippen MR) is 50.8 cm³/mol. The summed E-state index contributed by atoms with van der Waals surface area (Å²) < 4.78 is 1.02. The highest BCUT2D eigenvalue weighted by molar-refractivity contribution is 4.77. The van der Waals surface area contributed by atoms with Gasteiger partial charge in [0.05, 0.1) is 20.1 Å². The van der Waals surface area contributed by atoms with Crippen LogP contribution in [0.25, 0.3) is 0 Å². The quantitative estimate of drug-likeness (QED) is 0.498. The summed E-state index contributed by atoms with van der Waals surface area (Å²) in [5, 5.41) is 9.44. The van der Waals surface area contributed by atoms with Gasteiger partial charge in [0.15, 0.2) is 0 Å². The van der Waals surface area contributed by atoms with Crippen molar-refractivity contribution in [2.75, 3.05) is 26.7 Å². The summed E-state index contributed by atoms with van der Waals surface area (Å²) in [4.78, 5) is 0. The second kappa shape index (κ2) is 4.06. The summed E-state index contributed by atoms with van der Waals surface area (Å²) in [6, 6.07) is 0. The van der Waals surface area contributed by atoms with Crippen LogP contribution in [0.4, 0.5) is 0 Å². The topological polar surface area (TPSA) is 20.2 Å². The molecule has 2 nitrogen and oxygen atoms in total. The Morgan fingerprint density at radius 2 is 2.00 bits per heavy atom. The highest BCUT2D eigenvalue weighted by Gasteiger charge is 2.26. The minimum atomic E-state index is -0.326. The first-order valence-electron chi connectivity index (χ1n) is 4.80. The molecule has 70 valence electrons. The molecule has 0 aromatic carbocycles. The molecule has 1 aliphatic rings. The fourth-order valence-electron chi connectivity index (χ4n) is 1.98. The van der Waals surface area contributed by atoms with Crippen LogP contribution in [0, 0.1) is 0 Å². The third kappa shape index (κ3) is 2.61. The van der Waals surface area contributed by atoms with Crippen LogP contribution in [0.2, 0.25) is 0 Å². The van der Waals surface area contributed by atoms with Gasteiger partial charge in [-0.1, -0.05) is 6.08 Å². The Kier molecular flexibility index (Phi) is 3.29. The average molecular weight is 170 g/mol. The lowest BCUT2D eigenvalue weighted by Crippen LogP contribution is -2.51. The van der Waals surface area contributed by atoms with Crippen molar-refractivity contribution < 1.29 is 9.59 Å². The number of quaternary nitrogens is 1. The van der Waals surface area contributed by atoms with E-state index in [0.29, 0.717) is 0 Å². The van der Waals surface area contributed by atoms with Crippen LogP contribution in [0.1, 0.15) is 19.3 Å². The van der Waals surface area contributed by atoms with Gasteiger partial charge in [-0.3, -0.25) is 0 Å². The molecule has 0 spiro atoms. The molecule has 1 rings (SSSR count). The van der Waals surface area contributed by atoms with E-state index < -0.39 is 0 Å². The first-order valence-corrected chi connectivity index (χ1v) is 4.80. The highest BCUT2D eigenvalue weighted by Crippen LogP contribution is 2.16. The van der Waals surface area contributed by atoms with Gasteiger partial charge in [-0.15, -0.1) is 6.58 Å². The summed E-state index contributed by atoms with van der Waals surface area (Å²) in [6.45, 7) is 6.86. The lowest BCUT2D eigenvalue weighted by Gasteiger charge is -2.38. The first kappa shape index (κ1) is 9.75. The van der Waals surface area contributed by atoms with Gasteiger partial charge in [-0.25, -0.2) is 0 Å². The molecule has 1 heterocycles. The van der Waals surface area contributed by atoms with Crippen molar-refractivity contribution >= 4 is 0 Å². The van der Waals surface area contributed by atoms with Gasteiger partial charge in [0.1, 0.15) is 12.6 Å². The van der Waals surface area contributed by atoms with E-state index in [1.807, 2.05) is 0 Å². The van der Waals surface area contributed by atoms with Crippen LogP contribution in [0.15, 0.2) is 12.7 Å². The van der Waals surface area contributed by atoms with Crippen molar-refractivity contribution in [1.82, 2.24) is 0 Å². The molecule has 1 saturated heterocycles. The lowest BCUT2D eigenvalue weighted by molar-refractivity contribution is -0.916. The van der Waals surface area contributed by atoms with Crippen LogP contribution < -0.4 is 0 Å². The van der Waals surface area contributed by atoms with Crippen molar-refractivity contribution in [3.05, 3.63) is 12.7 Å². The van der Waals surface area contributed by atoms with Crippen LogP contribution in [0.5, 0.6) is 0 Å². The zero-order valence-corrected chi connectivity index (χ0v) is 8.00. The molecule has 0 aromatic rings. The lowest BCUT2D eigenvalue weighted by atomic mass is 10.1. The zero-order valence-electron chi connectivity index (χ0n) is 8.00. The molecule has 1 fully saturated rings. The maximum Gasteiger partial charge on any atom is 0.121 e. The normalized spacial score (nSPS) is 24.8. The summed E-state index contributed by atoms with van der Waals surface area (Å²) in [5.74, 6) is 0. The monoisotopic (exact) mass is 170 g/mol. The largest absolute Gasteiger partial charge is 0.383 e. The standard InChI is InChI=1S/C10H20NO/c1-3-10(12)9-11(2)7-5-4-6-8-11/h3,10,12H,1,4-9H2,2H3/q+1/t10-/m1/s1. The molecule has 0 unspecified atom stereocenters. The minimum absolute atomic E-state index is 0.326. The van der Waals surface area contributed by atoms with Gasteiger partial charge in [-0.05, 0) is 19.3 Å². The summed E-state index contributed by atoms with van der Waals surface area (Å²) in [5.41, 5.74) is 0. The zero-order chi connectivity index (χ0) is 9.03. The summed E-state index contributed by atoms with van der Waals surface area (Å²) in [6.07, 6.45) is 5.28. The van der Waals surface area contributed by atoms with Gasteiger partial charge in [-0.2, -0.15) is 0 Å². The maximum atomic E-state index is 9.44. The van der Waals surface area contributed by atoms with Crippen LogP contribution in [-0.2, 0) is 0 Å². The molecule has 0 radical (unpaired) electrons. The number of rotatable bonds is 3. The van der Waals surface area contributed by atoms with Crippen LogP contribution in [-0.4, -0.2) is 42.4 Å². The van der Waals surface area contributed by atoms with Crippen LogP contribution >= 0.6 is 0 Å². The Balaban J connectivity index is 2.40. The number of likely N-dealkylation sites (tertiary alicyclic amines) is 1. The van der Waals surface area contributed by atoms with Crippen molar-refractivity contribution in [1.29, 1.82) is 0 Å². The third-order valence-electron chi connectivity index (χ3n) is 2.80. The Hall–Kier alpha value is -0.340. The molecule has 1 aliphatic heterocycles. The van der Waals surface area contributed by atoms with Gasteiger partial charge < -0.3 is 9.59 Å². The molecule has 0 aromatic heterocycles. The van der Waals surface area contributed by atoms with Crippen molar-refractivity contribution in [3.63, 3.8) is 0 Å². The number of piperidine rings is 1. The second-order valence-corrected chi connectivity index (χ2v) is 4.11. The molecule has 1 N–H and O–H groups in total. The van der Waals surface area contributed by atoms with E-state index in [1.165, 1.54) is 32.4 Å². The molecule has 0 saturated carbocycles. The molecule has 0 amide bonds. The number of likely N-dealkylation sites (N-methyl/N-ethyl adjacent to an activating group) is 1. The van der Waals surface area contributed by atoms with Crippen molar-refractivity contribution in [2.45, 2.75) is 25.4 Å². The van der Waals surface area contributed by atoms with E-state index in [0.717, 1.165) is 11.0 Å². The van der Waals surface area contributed by atoms with Gasteiger partial charge in [0.25, 0.3) is 0 Å². The van der Waals surface area contributed by atoms with Gasteiger partial charge in [0.2, 0.25) is 0 Å². The van der Waals surface area contributed by atoms with Crippen molar-refractivity contribution in [3.8, 4) is 0 Å². The Morgan fingerprint density at radius 1 is 1.42 bits per heavy atom. The van der Waals surface area contributed by atoms with E-state index in [-0.39, 0.29) is 6.10 Å². The summed E-state index contributed by atoms with van der Waals surface area (Å²) in [7, 11) is 2.23. The maximum absolute atomic E-state index is 9.44. The van der Waals surface area contributed by atoms with Crippen molar-refractivity contribution in [2.24, 2.45) is 0 Å². The molecule has 12 heavy (non-hydrogen) atoms. The molecule has 2 heteroatoms. The van der Waals surface area contributed by atoms with E-state index in [1.54, 1.807) is 6.08 Å². The van der Waals surface area contributed by atoms with E-state index in [2.05, 4.69) is 13.6 Å². The van der Waals surface area contributed by atoms with E-state index in [4.69, 9.17) is 0 Å².